The van der Waals surface area contributed by atoms with Crippen molar-refractivity contribution in [3.63, 3.8) is 0 Å². The van der Waals surface area contributed by atoms with Crippen molar-refractivity contribution in [2.45, 2.75) is 57.9 Å². The van der Waals surface area contributed by atoms with Gasteiger partial charge in [-0.05, 0) is 49.9 Å². The van der Waals surface area contributed by atoms with Crippen LogP contribution in [0.3, 0.4) is 0 Å². The van der Waals surface area contributed by atoms with E-state index in [1.54, 1.807) is 25.3 Å². The van der Waals surface area contributed by atoms with E-state index in [9.17, 15) is 14.4 Å². The molecule has 0 atom stereocenters. The summed E-state index contributed by atoms with van der Waals surface area (Å²) in [6.45, 7) is 1.89. The molecule has 1 saturated carbocycles. The normalized spacial score (nSPS) is 14.8. The van der Waals surface area contributed by atoms with Crippen LogP contribution in [0.5, 0.6) is 0 Å². The summed E-state index contributed by atoms with van der Waals surface area (Å²) in [5.41, 5.74) is 2.03. The molecular formula is C29H30N4O4. The Morgan fingerprint density at radius 2 is 1.81 bits per heavy atom. The summed E-state index contributed by atoms with van der Waals surface area (Å²) < 4.78 is 8.66. The van der Waals surface area contributed by atoms with Crippen LogP contribution in [0.2, 0.25) is 0 Å². The van der Waals surface area contributed by atoms with Crippen molar-refractivity contribution in [2.75, 3.05) is 6.61 Å². The minimum absolute atomic E-state index is 0.0376. The second-order valence-corrected chi connectivity index (χ2v) is 9.34. The first-order valence-corrected chi connectivity index (χ1v) is 12.9. The van der Waals surface area contributed by atoms with Crippen molar-refractivity contribution in [3.8, 4) is 0 Å². The number of benzene rings is 1. The summed E-state index contributed by atoms with van der Waals surface area (Å²) >= 11 is 0. The first-order valence-electron chi connectivity index (χ1n) is 12.9. The van der Waals surface area contributed by atoms with Gasteiger partial charge in [-0.3, -0.25) is 14.0 Å². The zero-order chi connectivity index (χ0) is 25.8. The number of carbonyl (C=O) groups is 2. The average Bonchev–Trinajstić information content (AvgIpc) is 2.93. The second-order valence-electron chi connectivity index (χ2n) is 9.34. The lowest BCUT2D eigenvalue weighted by Crippen LogP contribution is -2.35. The highest BCUT2D eigenvalue weighted by molar-refractivity contribution is 5.93. The fraction of sp³-hybridized carbons (Fsp3) is 0.345. The van der Waals surface area contributed by atoms with Crippen LogP contribution >= 0.6 is 0 Å². The van der Waals surface area contributed by atoms with Crippen LogP contribution in [-0.4, -0.2) is 32.4 Å². The van der Waals surface area contributed by atoms with Gasteiger partial charge in [0, 0.05) is 18.7 Å². The van der Waals surface area contributed by atoms with Gasteiger partial charge in [0.05, 0.1) is 12.0 Å². The summed E-state index contributed by atoms with van der Waals surface area (Å²) in [6.07, 6.45) is 7.24. The Bertz CT molecular complexity index is 1580. The predicted molar refractivity (Wildman–Crippen MR) is 140 cm³/mol. The second kappa shape index (κ2) is 10.9. The SMILES string of the molecule is CCOC(=O)c1cc2c(=O)n3ccccc3nc2n(C2CCCCC2)/c1=N/C(=O)CCc1ccccc1. The number of hydrogen-bond donors (Lipinski definition) is 0. The van der Waals surface area contributed by atoms with Crippen molar-refractivity contribution in [3.05, 3.63) is 87.8 Å². The molecule has 1 amide bonds. The summed E-state index contributed by atoms with van der Waals surface area (Å²) in [5, 5.41) is 0.299. The number of aryl methyl sites for hydroxylation is 1. The van der Waals surface area contributed by atoms with E-state index in [0.717, 1.165) is 37.7 Å². The van der Waals surface area contributed by atoms with E-state index in [4.69, 9.17) is 9.72 Å². The number of pyridine rings is 2. The molecule has 1 aromatic carbocycles. The lowest BCUT2D eigenvalue weighted by Gasteiger charge is -2.27. The molecule has 0 spiro atoms. The van der Waals surface area contributed by atoms with E-state index in [0.29, 0.717) is 23.1 Å². The summed E-state index contributed by atoms with van der Waals surface area (Å²) in [4.78, 5) is 49.1. The molecule has 37 heavy (non-hydrogen) atoms. The van der Waals surface area contributed by atoms with Crippen LogP contribution in [0.15, 0.2) is 70.6 Å². The van der Waals surface area contributed by atoms with Crippen molar-refractivity contribution in [1.29, 1.82) is 0 Å². The quantitative estimate of drug-likeness (QED) is 0.290. The molecule has 1 aliphatic carbocycles. The van der Waals surface area contributed by atoms with E-state index < -0.39 is 5.97 Å². The Balaban J connectivity index is 1.76. The number of ether oxygens (including phenoxy) is 1. The van der Waals surface area contributed by atoms with Gasteiger partial charge in [-0.15, -0.1) is 0 Å². The summed E-state index contributed by atoms with van der Waals surface area (Å²) in [6, 6.07) is 16.6. The fourth-order valence-electron chi connectivity index (χ4n) is 5.07. The number of esters is 1. The molecule has 0 saturated heterocycles. The highest BCUT2D eigenvalue weighted by Crippen LogP contribution is 2.29. The Kier molecular flexibility index (Phi) is 7.25. The van der Waals surface area contributed by atoms with Gasteiger partial charge >= 0.3 is 5.97 Å². The first-order chi connectivity index (χ1) is 18.1. The zero-order valence-electron chi connectivity index (χ0n) is 20.9. The molecule has 8 nitrogen and oxygen atoms in total. The third kappa shape index (κ3) is 5.09. The van der Waals surface area contributed by atoms with E-state index in [-0.39, 0.29) is 41.6 Å². The van der Waals surface area contributed by atoms with Gasteiger partial charge in [0.1, 0.15) is 16.9 Å². The lowest BCUT2D eigenvalue weighted by molar-refractivity contribution is -0.118. The van der Waals surface area contributed by atoms with Crippen LogP contribution < -0.4 is 11.0 Å². The average molecular weight is 499 g/mol. The van der Waals surface area contributed by atoms with Gasteiger partial charge in [-0.2, -0.15) is 4.99 Å². The molecule has 0 aliphatic heterocycles. The Hall–Kier alpha value is -4.07. The van der Waals surface area contributed by atoms with Crippen molar-refractivity contribution < 1.29 is 14.3 Å². The smallest absolute Gasteiger partial charge is 0.341 e. The van der Waals surface area contributed by atoms with E-state index >= 15 is 0 Å². The van der Waals surface area contributed by atoms with Gasteiger partial charge in [0.15, 0.2) is 5.49 Å². The Morgan fingerprint density at radius 3 is 2.57 bits per heavy atom. The molecule has 3 heterocycles. The lowest BCUT2D eigenvalue weighted by atomic mass is 9.94. The monoisotopic (exact) mass is 498 g/mol. The van der Waals surface area contributed by atoms with Gasteiger partial charge in [-0.25, -0.2) is 9.78 Å². The third-order valence-corrected chi connectivity index (χ3v) is 6.87. The Labute approximate surface area is 214 Å². The van der Waals surface area contributed by atoms with E-state index in [1.165, 1.54) is 10.5 Å². The minimum atomic E-state index is -0.610. The van der Waals surface area contributed by atoms with Crippen LogP contribution in [0.25, 0.3) is 16.7 Å². The molecule has 5 rings (SSSR count). The van der Waals surface area contributed by atoms with E-state index in [2.05, 4.69) is 4.99 Å². The largest absolute Gasteiger partial charge is 0.462 e. The Morgan fingerprint density at radius 1 is 1.05 bits per heavy atom. The molecule has 4 aromatic rings. The number of hydrogen-bond acceptors (Lipinski definition) is 5. The molecular weight excluding hydrogens is 468 g/mol. The van der Waals surface area contributed by atoms with Crippen LogP contribution in [0.1, 0.15) is 67.4 Å². The first kappa shape index (κ1) is 24.6. The number of fused-ring (bicyclic) bond motifs is 2. The van der Waals surface area contributed by atoms with E-state index in [1.807, 2.05) is 41.0 Å². The number of nitrogens with zero attached hydrogens (tertiary/aromatic N) is 4. The molecule has 0 radical (unpaired) electrons. The zero-order valence-corrected chi connectivity index (χ0v) is 20.9. The molecule has 190 valence electrons. The van der Waals surface area contributed by atoms with Crippen LogP contribution in [0.4, 0.5) is 0 Å². The van der Waals surface area contributed by atoms with Crippen molar-refractivity contribution >= 4 is 28.6 Å². The molecule has 8 heteroatoms. The minimum Gasteiger partial charge on any atom is -0.462 e. The molecule has 0 unspecified atom stereocenters. The van der Waals surface area contributed by atoms with Crippen molar-refractivity contribution in [2.24, 2.45) is 4.99 Å². The maximum absolute atomic E-state index is 13.5. The fourth-order valence-corrected chi connectivity index (χ4v) is 5.07. The molecule has 0 bridgehead atoms. The van der Waals surface area contributed by atoms with Gasteiger partial charge in [-0.1, -0.05) is 55.7 Å². The van der Waals surface area contributed by atoms with Gasteiger partial charge in [0.25, 0.3) is 5.56 Å². The molecule has 0 N–H and O–H groups in total. The van der Waals surface area contributed by atoms with Crippen LogP contribution in [-0.2, 0) is 16.0 Å². The summed E-state index contributed by atoms with van der Waals surface area (Å²) in [5.74, 6) is -0.947. The number of carbonyl (C=O) groups excluding carboxylic acids is 2. The maximum Gasteiger partial charge on any atom is 0.341 e. The third-order valence-electron chi connectivity index (χ3n) is 6.87. The molecule has 1 aliphatic rings. The topological polar surface area (TPSA) is 95.0 Å². The predicted octanol–water partition coefficient (Wildman–Crippen LogP) is 4.39. The van der Waals surface area contributed by atoms with Gasteiger partial charge < -0.3 is 9.30 Å². The highest BCUT2D eigenvalue weighted by Gasteiger charge is 2.25. The molecule has 1 fully saturated rings. The highest BCUT2D eigenvalue weighted by atomic mass is 16.5. The standard InChI is InChI=1S/C29H30N4O4/c1-2-37-29(36)23-19-22-26(30-24-15-9-10-18-32(24)28(22)35)33(21-13-7-4-8-14-21)27(23)31-25(34)17-16-20-11-5-3-6-12-20/h3,5-6,9-12,15,18-19,21H,2,4,7-8,13-14,16-17H2,1H3/b31-27+. The number of aromatic nitrogens is 3. The number of rotatable bonds is 6. The maximum atomic E-state index is 13.5. The van der Waals surface area contributed by atoms with Gasteiger partial charge in [0.2, 0.25) is 5.91 Å². The summed E-state index contributed by atoms with van der Waals surface area (Å²) in [7, 11) is 0. The van der Waals surface area contributed by atoms with Crippen LogP contribution in [0, 0.1) is 0 Å². The number of amides is 1. The molecule has 3 aromatic heterocycles. The van der Waals surface area contributed by atoms with Crippen molar-refractivity contribution in [1.82, 2.24) is 14.0 Å².